The van der Waals surface area contributed by atoms with Crippen LogP contribution in [0, 0.1) is 12.8 Å². The van der Waals surface area contributed by atoms with Gasteiger partial charge in [0.25, 0.3) is 0 Å². The van der Waals surface area contributed by atoms with Gasteiger partial charge in [-0.2, -0.15) is 4.98 Å². The average Bonchev–Trinajstić information content (AvgIpc) is 2.82. The van der Waals surface area contributed by atoms with Gasteiger partial charge in [0.2, 0.25) is 17.7 Å². The summed E-state index contributed by atoms with van der Waals surface area (Å²) in [6.07, 6.45) is 1.50. The molecule has 1 amide bonds. The Kier molecular flexibility index (Phi) is 5.18. The minimum atomic E-state index is -0.552. The standard InChI is InChI=1S/C15H24N4O3/c1-5-22-14-10(2)7-16-15(17-14)19-8-11(12(20)9-19)6-13(21)18(3)4/h7,11-12,20H,5-6,8-9H2,1-4H3/t11-,12-/m1/s1. The van der Waals surface area contributed by atoms with Crippen molar-refractivity contribution in [3.63, 3.8) is 0 Å². The highest BCUT2D eigenvalue weighted by Gasteiger charge is 2.34. The maximum atomic E-state index is 11.8. The zero-order valence-electron chi connectivity index (χ0n) is 13.6. The lowest BCUT2D eigenvalue weighted by molar-refractivity contribution is -0.130. The van der Waals surface area contributed by atoms with Gasteiger partial charge in [0.15, 0.2) is 0 Å². The molecule has 1 aromatic rings. The number of aliphatic hydroxyl groups is 1. The number of hydrogen-bond acceptors (Lipinski definition) is 6. The number of carbonyl (C=O) groups is 1. The molecular weight excluding hydrogens is 284 g/mol. The first-order valence-corrected chi connectivity index (χ1v) is 7.52. The second kappa shape index (κ2) is 6.91. The summed E-state index contributed by atoms with van der Waals surface area (Å²) in [4.78, 5) is 24.0. The van der Waals surface area contributed by atoms with Crippen LogP contribution in [0.5, 0.6) is 5.88 Å². The van der Waals surface area contributed by atoms with Gasteiger partial charge >= 0.3 is 0 Å². The van der Waals surface area contributed by atoms with Gasteiger partial charge in [-0.25, -0.2) is 4.98 Å². The summed E-state index contributed by atoms with van der Waals surface area (Å²) in [6.45, 7) is 5.34. The molecule has 1 fully saturated rings. The minimum Gasteiger partial charge on any atom is -0.478 e. The van der Waals surface area contributed by atoms with E-state index in [9.17, 15) is 9.90 Å². The van der Waals surface area contributed by atoms with Crippen LogP contribution in [0.1, 0.15) is 18.9 Å². The molecule has 0 aromatic carbocycles. The number of carbonyl (C=O) groups excluding carboxylic acids is 1. The van der Waals surface area contributed by atoms with E-state index in [2.05, 4.69) is 9.97 Å². The third kappa shape index (κ3) is 3.65. The van der Waals surface area contributed by atoms with E-state index in [4.69, 9.17) is 4.74 Å². The lowest BCUT2D eigenvalue weighted by atomic mass is 10.0. The molecule has 1 aromatic heterocycles. The van der Waals surface area contributed by atoms with Gasteiger partial charge in [-0.3, -0.25) is 4.79 Å². The Morgan fingerprint density at radius 1 is 1.50 bits per heavy atom. The maximum absolute atomic E-state index is 11.8. The highest BCUT2D eigenvalue weighted by Crippen LogP contribution is 2.26. The lowest BCUT2D eigenvalue weighted by Gasteiger charge is -2.18. The van der Waals surface area contributed by atoms with Crippen LogP contribution in [0.4, 0.5) is 5.95 Å². The highest BCUT2D eigenvalue weighted by atomic mass is 16.5. The molecule has 0 spiro atoms. The molecule has 0 bridgehead atoms. The fourth-order valence-corrected chi connectivity index (χ4v) is 2.48. The molecule has 122 valence electrons. The van der Waals surface area contributed by atoms with Crippen molar-refractivity contribution in [1.82, 2.24) is 14.9 Å². The number of aromatic nitrogens is 2. The number of nitrogens with zero attached hydrogens (tertiary/aromatic N) is 4. The Hall–Kier alpha value is -1.89. The monoisotopic (exact) mass is 308 g/mol. The average molecular weight is 308 g/mol. The van der Waals surface area contributed by atoms with Gasteiger partial charge < -0.3 is 19.6 Å². The molecule has 1 saturated heterocycles. The molecule has 1 aliphatic heterocycles. The Labute approximate surface area is 130 Å². The Balaban J connectivity index is 2.08. The largest absolute Gasteiger partial charge is 0.478 e. The molecule has 22 heavy (non-hydrogen) atoms. The Morgan fingerprint density at radius 2 is 2.23 bits per heavy atom. The van der Waals surface area contributed by atoms with Crippen molar-refractivity contribution in [1.29, 1.82) is 0 Å². The van der Waals surface area contributed by atoms with E-state index >= 15 is 0 Å². The predicted octanol–water partition coefficient (Wildman–Crippen LogP) is 0.459. The van der Waals surface area contributed by atoms with Crippen molar-refractivity contribution in [2.75, 3.05) is 38.7 Å². The molecule has 0 unspecified atom stereocenters. The van der Waals surface area contributed by atoms with E-state index in [1.54, 1.807) is 25.2 Å². The summed E-state index contributed by atoms with van der Waals surface area (Å²) in [6, 6.07) is 0. The van der Waals surface area contributed by atoms with E-state index in [0.717, 1.165) is 5.56 Å². The summed E-state index contributed by atoms with van der Waals surface area (Å²) in [5, 5.41) is 10.2. The molecule has 0 aliphatic carbocycles. The van der Waals surface area contributed by atoms with Crippen molar-refractivity contribution < 1.29 is 14.6 Å². The zero-order valence-corrected chi connectivity index (χ0v) is 13.6. The van der Waals surface area contributed by atoms with Gasteiger partial charge in [-0.05, 0) is 13.8 Å². The molecule has 7 nitrogen and oxygen atoms in total. The molecule has 7 heteroatoms. The van der Waals surface area contributed by atoms with Crippen molar-refractivity contribution in [2.24, 2.45) is 5.92 Å². The van der Waals surface area contributed by atoms with Crippen molar-refractivity contribution in [3.05, 3.63) is 11.8 Å². The fourth-order valence-electron chi connectivity index (χ4n) is 2.48. The Morgan fingerprint density at radius 3 is 2.86 bits per heavy atom. The van der Waals surface area contributed by atoms with Crippen LogP contribution in [0.3, 0.4) is 0 Å². The molecule has 1 N–H and O–H groups in total. The third-order valence-corrected chi connectivity index (χ3v) is 3.82. The summed E-state index contributed by atoms with van der Waals surface area (Å²) in [5.74, 6) is 1.02. The molecule has 1 aliphatic rings. The first kappa shape index (κ1) is 16.5. The van der Waals surface area contributed by atoms with Crippen LogP contribution in [-0.2, 0) is 4.79 Å². The topological polar surface area (TPSA) is 78.8 Å². The van der Waals surface area contributed by atoms with Crippen molar-refractivity contribution in [2.45, 2.75) is 26.4 Å². The molecule has 2 heterocycles. The van der Waals surface area contributed by atoms with Gasteiger partial charge in [0.05, 0.1) is 12.7 Å². The normalized spacial score (nSPS) is 21.0. The number of β-amino-alcohol motifs (C(OH)–C–C–N with tert-alkyl or cyclic N) is 1. The first-order valence-electron chi connectivity index (χ1n) is 7.52. The lowest BCUT2D eigenvalue weighted by Crippen LogP contribution is -2.28. The summed E-state index contributed by atoms with van der Waals surface area (Å²) >= 11 is 0. The van der Waals surface area contributed by atoms with Crippen LogP contribution in [0.25, 0.3) is 0 Å². The maximum Gasteiger partial charge on any atom is 0.228 e. The van der Waals surface area contributed by atoms with E-state index in [1.165, 1.54) is 0 Å². The van der Waals surface area contributed by atoms with Gasteiger partial charge in [0, 0.05) is 51.3 Å². The number of anilines is 1. The number of hydrogen-bond donors (Lipinski definition) is 1. The SMILES string of the molecule is CCOc1nc(N2C[C@@H](CC(=O)N(C)C)[C@H](O)C2)ncc1C. The van der Waals surface area contributed by atoms with Crippen LogP contribution < -0.4 is 9.64 Å². The quantitative estimate of drug-likeness (QED) is 0.851. The molecule has 2 rings (SSSR count). The zero-order chi connectivity index (χ0) is 16.3. The van der Waals surface area contributed by atoms with Gasteiger partial charge in [-0.1, -0.05) is 0 Å². The molecule has 0 radical (unpaired) electrons. The molecule has 2 atom stereocenters. The summed E-state index contributed by atoms with van der Waals surface area (Å²) in [7, 11) is 3.44. The van der Waals surface area contributed by atoms with Gasteiger partial charge in [0.1, 0.15) is 0 Å². The number of aliphatic hydroxyl groups excluding tert-OH is 1. The predicted molar refractivity (Wildman–Crippen MR) is 83.0 cm³/mol. The third-order valence-electron chi connectivity index (χ3n) is 3.82. The first-order chi connectivity index (χ1) is 10.4. The minimum absolute atomic E-state index is 0.0192. The molecule has 0 saturated carbocycles. The second-order valence-corrected chi connectivity index (χ2v) is 5.82. The van der Waals surface area contributed by atoms with E-state index in [-0.39, 0.29) is 11.8 Å². The van der Waals surface area contributed by atoms with Crippen LogP contribution >= 0.6 is 0 Å². The van der Waals surface area contributed by atoms with Crippen LogP contribution in [0.2, 0.25) is 0 Å². The van der Waals surface area contributed by atoms with Crippen molar-refractivity contribution in [3.8, 4) is 5.88 Å². The van der Waals surface area contributed by atoms with Crippen LogP contribution in [-0.4, -0.2) is 65.8 Å². The number of rotatable bonds is 5. The number of ether oxygens (including phenoxy) is 1. The van der Waals surface area contributed by atoms with Crippen molar-refractivity contribution >= 4 is 11.9 Å². The van der Waals surface area contributed by atoms with E-state index in [0.29, 0.717) is 37.9 Å². The summed E-state index contributed by atoms with van der Waals surface area (Å²) < 4.78 is 5.49. The smallest absolute Gasteiger partial charge is 0.228 e. The van der Waals surface area contributed by atoms with E-state index < -0.39 is 6.10 Å². The molecular formula is C15H24N4O3. The fraction of sp³-hybridized carbons (Fsp3) is 0.667. The summed E-state index contributed by atoms with van der Waals surface area (Å²) in [5.41, 5.74) is 0.879. The van der Waals surface area contributed by atoms with Crippen LogP contribution in [0.15, 0.2) is 6.20 Å². The van der Waals surface area contributed by atoms with Gasteiger partial charge in [-0.15, -0.1) is 0 Å². The Bertz CT molecular complexity index is 536. The highest BCUT2D eigenvalue weighted by molar-refractivity contribution is 5.76. The van der Waals surface area contributed by atoms with E-state index in [1.807, 2.05) is 18.7 Å². The number of amides is 1. The second-order valence-electron chi connectivity index (χ2n) is 5.82. The number of aryl methyl sites for hydroxylation is 1.